The predicted octanol–water partition coefficient (Wildman–Crippen LogP) is 34.6. The van der Waals surface area contributed by atoms with Crippen LogP contribution in [-0.4, -0.2) is 58.6 Å². The van der Waals surface area contributed by atoms with Gasteiger partial charge in [0.05, 0.1) is 38.8 Å². The molecule has 0 unspecified atom stereocenters. The summed E-state index contributed by atoms with van der Waals surface area (Å²) in [5, 5.41) is 13.6. The molecular formula is C135H84N12O3. The topological polar surface area (TPSA) is 170 Å². The van der Waals surface area contributed by atoms with Crippen molar-refractivity contribution >= 4 is 131 Å². The van der Waals surface area contributed by atoms with Crippen molar-refractivity contribution in [2.45, 2.75) is 0 Å². The van der Waals surface area contributed by atoms with Gasteiger partial charge in [0.1, 0.15) is 33.5 Å². The third-order valence-corrected chi connectivity index (χ3v) is 28.4. The molecule has 0 saturated heterocycles. The van der Waals surface area contributed by atoms with Crippen LogP contribution in [0.25, 0.3) is 284 Å². The van der Waals surface area contributed by atoms with E-state index in [2.05, 4.69) is 347 Å². The van der Waals surface area contributed by atoms with Gasteiger partial charge < -0.3 is 17.8 Å². The summed E-state index contributed by atoms with van der Waals surface area (Å²) >= 11 is 0. The van der Waals surface area contributed by atoms with Gasteiger partial charge in [-0.15, -0.1) is 0 Å². The summed E-state index contributed by atoms with van der Waals surface area (Å²) in [4.78, 5) is 45.8. The second-order valence-corrected chi connectivity index (χ2v) is 37.4. The number of rotatable bonds is 15. The molecule has 21 aromatic carbocycles. The van der Waals surface area contributed by atoms with E-state index in [4.69, 9.17) is 58.1 Å². The fraction of sp³-hybridized carbons (Fsp3) is 0. The first-order valence-corrected chi connectivity index (χ1v) is 50.1. The molecule has 15 nitrogen and oxygen atoms in total. The molecule has 150 heavy (non-hydrogen) atoms. The van der Waals surface area contributed by atoms with Crippen LogP contribution in [0.4, 0.5) is 0 Å². The fourth-order valence-electron chi connectivity index (χ4n) is 21.2. The third kappa shape index (κ3) is 15.9. The van der Waals surface area contributed by atoms with E-state index in [0.29, 0.717) is 52.7 Å². The van der Waals surface area contributed by atoms with E-state index in [0.717, 1.165) is 221 Å². The van der Waals surface area contributed by atoms with E-state index >= 15 is 0 Å². The predicted molar refractivity (Wildman–Crippen MR) is 610 cm³/mol. The van der Waals surface area contributed by atoms with Gasteiger partial charge in [0.15, 0.2) is 40.8 Å². The van der Waals surface area contributed by atoms with Gasteiger partial charge in [-0.2, -0.15) is 19.9 Å². The van der Waals surface area contributed by atoms with Crippen molar-refractivity contribution in [3.05, 3.63) is 510 Å². The first-order valence-electron chi connectivity index (χ1n) is 50.1. The molecule has 702 valence electrons. The average molecular weight is 1920 g/mol. The molecule has 15 heteroatoms. The molecule has 0 N–H and O–H groups in total. The highest BCUT2D eigenvalue weighted by molar-refractivity contribution is 6.15. The number of nitrogens with zero attached hydrogens (tertiary/aromatic N) is 12. The second kappa shape index (κ2) is 37.0. The smallest absolute Gasteiger partial charge is 0.238 e. The summed E-state index contributed by atoms with van der Waals surface area (Å²) in [5.41, 5.74) is 30.2. The molecule has 9 aromatic heterocycles. The maximum absolute atomic E-state index is 6.29. The summed E-state index contributed by atoms with van der Waals surface area (Å²) in [6.07, 6.45) is 0. The molecule has 30 aromatic rings. The van der Waals surface area contributed by atoms with Crippen LogP contribution in [0.3, 0.4) is 0 Å². The quantitative estimate of drug-likeness (QED) is 0.0953. The van der Waals surface area contributed by atoms with Crippen molar-refractivity contribution in [2.24, 2.45) is 0 Å². The van der Waals surface area contributed by atoms with Crippen LogP contribution in [0.2, 0.25) is 0 Å². The van der Waals surface area contributed by atoms with Crippen LogP contribution >= 0.6 is 0 Å². The minimum Gasteiger partial charge on any atom is -0.456 e. The number of hydrogen-bond donors (Lipinski definition) is 0. The lowest BCUT2D eigenvalue weighted by atomic mass is 10.0. The summed E-state index contributed by atoms with van der Waals surface area (Å²) in [5.74, 6) is 5.49. The van der Waals surface area contributed by atoms with E-state index in [1.807, 2.05) is 176 Å². The van der Waals surface area contributed by atoms with E-state index < -0.39 is 0 Å². The van der Waals surface area contributed by atoms with Gasteiger partial charge in [0.25, 0.3) is 0 Å². The van der Waals surface area contributed by atoms with Gasteiger partial charge in [-0.1, -0.05) is 400 Å². The number of para-hydroxylation sites is 7. The Morgan fingerprint density at radius 1 is 0.127 bits per heavy atom. The van der Waals surface area contributed by atoms with Crippen LogP contribution in [0.5, 0.6) is 0 Å². The molecule has 30 rings (SSSR count). The van der Waals surface area contributed by atoms with Gasteiger partial charge in [0.2, 0.25) is 11.9 Å². The van der Waals surface area contributed by atoms with Gasteiger partial charge >= 0.3 is 0 Å². The molecule has 0 bridgehead atoms. The monoisotopic (exact) mass is 1920 g/mol. The van der Waals surface area contributed by atoms with Gasteiger partial charge in [-0.25, -0.2) is 24.9 Å². The number of furan rings is 3. The van der Waals surface area contributed by atoms with E-state index in [9.17, 15) is 0 Å². The van der Waals surface area contributed by atoms with Gasteiger partial charge in [-0.05, 0) is 165 Å². The van der Waals surface area contributed by atoms with Crippen LogP contribution in [-0.2, 0) is 0 Å². The van der Waals surface area contributed by atoms with Gasteiger partial charge in [-0.3, -0.25) is 9.13 Å². The average Bonchev–Trinajstić information content (AvgIpc) is 1.58. The molecule has 0 amide bonds. The van der Waals surface area contributed by atoms with Crippen molar-refractivity contribution in [1.82, 2.24) is 58.6 Å². The van der Waals surface area contributed by atoms with Crippen molar-refractivity contribution < 1.29 is 13.3 Å². The zero-order valence-corrected chi connectivity index (χ0v) is 80.6. The first kappa shape index (κ1) is 87.3. The molecule has 0 aliphatic rings. The lowest BCUT2D eigenvalue weighted by molar-refractivity contribution is 0.668. The van der Waals surface area contributed by atoms with Crippen LogP contribution < -0.4 is 0 Å². The van der Waals surface area contributed by atoms with Gasteiger partial charge in [0, 0.05) is 104 Å². The first-order chi connectivity index (χ1) is 74.3. The molecule has 0 fully saturated rings. The summed E-state index contributed by atoms with van der Waals surface area (Å²) in [6.45, 7) is 0. The minimum atomic E-state index is 0.554. The molecule has 0 aliphatic carbocycles. The lowest BCUT2D eigenvalue weighted by Gasteiger charge is -2.15. The molecular weight excluding hydrogens is 1840 g/mol. The molecule has 0 saturated carbocycles. The molecule has 0 atom stereocenters. The SMILES string of the molecule is c1ccc(-c2ccc(-c3nc(-c4cccc(-c5ccccc5)c4)nc(-n4c5ccccc5c5ccc(-c6ccc7c(c6)oc6ccccc67)cc54)n3)cc2)cc1.c1ccc(-c2nc(-c3ccccc3)nc(-c3ccccc3-n3c4ccccc4c4ccc(-c5ccc6c(c5)oc5ccccc56)cc43)n2)cc1.c1ccc(-c2nc(-c3ccccc3)nc(-n3c4ccccc4c4ccc(-c5ccc6c(c5)oc5ccccc56)cc43)n2)cc1. The third-order valence-electron chi connectivity index (χ3n) is 28.4. The molecule has 0 aliphatic heterocycles. The summed E-state index contributed by atoms with van der Waals surface area (Å²) < 4.78 is 25.5. The number of hydrogen-bond acceptors (Lipinski definition) is 12. The highest BCUT2D eigenvalue weighted by atomic mass is 16.3. The Morgan fingerprint density at radius 3 is 0.740 bits per heavy atom. The highest BCUT2D eigenvalue weighted by Gasteiger charge is 2.26. The summed E-state index contributed by atoms with van der Waals surface area (Å²) in [6, 6.07) is 176. The van der Waals surface area contributed by atoms with E-state index in [1.165, 1.54) is 10.8 Å². The van der Waals surface area contributed by atoms with Crippen LogP contribution in [0.1, 0.15) is 0 Å². The number of fused-ring (bicyclic) bond motifs is 18. The number of benzene rings is 21. The normalized spacial score (nSPS) is 11.6. The fourth-order valence-corrected chi connectivity index (χ4v) is 21.2. The Hall–Kier alpha value is -20.6. The Morgan fingerprint density at radius 2 is 0.353 bits per heavy atom. The molecule has 0 spiro atoms. The second-order valence-electron chi connectivity index (χ2n) is 37.4. The maximum atomic E-state index is 6.29. The summed E-state index contributed by atoms with van der Waals surface area (Å²) in [7, 11) is 0. The Balaban J connectivity index is 0.000000109. The molecule has 0 radical (unpaired) electrons. The Labute approximate surface area is 859 Å². The lowest BCUT2D eigenvalue weighted by Crippen LogP contribution is -2.06. The highest BCUT2D eigenvalue weighted by Crippen LogP contribution is 2.45. The van der Waals surface area contributed by atoms with Crippen molar-refractivity contribution in [2.75, 3.05) is 0 Å². The van der Waals surface area contributed by atoms with Crippen LogP contribution in [0.15, 0.2) is 523 Å². The largest absolute Gasteiger partial charge is 0.456 e. The van der Waals surface area contributed by atoms with Crippen molar-refractivity contribution in [1.29, 1.82) is 0 Å². The molecule has 9 heterocycles. The Bertz CT molecular complexity index is 10400. The number of aromatic nitrogens is 12. The van der Waals surface area contributed by atoms with Crippen molar-refractivity contribution in [3.8, 4) is 153 Å². The minimum absolute atomic E-state index is 0.554. The van der Waals surface area contributed by atoms with Crippen LogP contribution in [0, 0.1) is 0 Å². The van der Waals surface area contributed by atoms with Crippen molar-refractivity contribution in [3.63, 3.8) is 0 Å². The zero-order valence-electron chi connectivity index (χ0n) is 80.6. The maximum Gasteiger partial charge on any atom is 0.238 e. The Kier molecular flexibility index (Phi) is 21.5. The standard InChI is InChI=1S/C51H32N4O.C45H28N4O.C39H24N4O/c1-3-12-33(13-4-1)35-22-24-36(25-23-35)49-52-50(40-17-11-16-37(30-40)34-14-5-2-6-15-34)54-51(53-49)55-45-20-9-7-18-41(45)42-28-26-38(31-46(42)55)39-27-29-44-43-19-8-10-21-47(43)56-48(44)32-39;1-3-13-29(14-4-1)43-46-44(30-15-5-2-6-16-30)48-45(47-43)37-19-8-11-21-39(37)49-38-20-10-7-17-33(38)34-25-23-31(27-40(34)49)32-24-26-36-35-18-9-12-22-41(35)50-42(36)28-32;1-3-11-25(12-4-1)37-40-38(26-13-5-2-6-14-26)42-39(41-37)43-33-17-9-7-15-29(33)30-21-19-27(23-34(30)43)28-20-22-32-31-16-8-10-18-35(31)44-36(32)24-28/h1-32H;1-28H;1-24H. The van der Waals surface area contributed by atoms with E-state index in [1.54, 1.807) is 0 Å². The van der Waals surface area contributed by atoms with E-state index in [-0.39, 0.29) is 0 Å². The zero-order chi connectivity index (χ0) is 99.1.